The molecular weight excluding hydrogens is 402 g/mol. The predicted octanol–water partition coefficient (Wildman–Crippen LogP) is 6.28. The molecule has 0 radical (unpaired) electrons. The highest BCUT2D eigenvalue weighted by atomic mass is 32.2. The average molecular weight is 424 g/mol. The summed E-state index contributed by atoms with van der Waals surface area (Å²) in [6, 6.07) is 16.2. The first-order chi connectivity index (χ1) is 14.1. The van der Waals surface area contributed by atoms with Crippen LogP contribution in [0.3, 0.4) is 0 Å². The summed E-state index contributed by atoms with van der Waals surface area (Å²) in [5.41, 5.74) is 3.27. The number of ether oxygens (including phenoxy) is 1. The van der Waals surface area contributed by atoms with Crippen molar-refractivity contribution in [2.24, 2.45) is 0 Å². The Balaban J connectivity index is 1.42. The lowest BCUT2D eigenvalue weighted by atomic mass is 10.0. The van der Waals surface area contributed by atoms with Gasteiger partial charge in [-0.1, -0.05) is 62.0 Å². The largest absolute Gasteiger partial charge is 0.496 e. The lowest BCUT2D eigenvalue weighted by Gasteiger charge is -2.05. The van der Waals surface area contributed by atoms with Crippen molar-refractivity contribution in [3.8, 4) is 27.8 Å². The summed E-state index contributed by atoms with van der Waals surface area (Å²) in [5, 5.41) is 9.86. The first kappa shape index (κ1) is 19.7. The molecule has 2 aromatic heterocycles. The molecule has 0 atom stereocenters. The van der Waals surface area contributed by atoms with Crippen LogP contribution in [0.15, 0.2) is 64.4 Å². The zero-order valence-corrected chi connectivity index (χ0v) is 18.1. The highest BCUT2D eigenvalue weighted by Crippen LogP contribution is 2.33. The zero-order chi connectivity index (χ0) is 20.2. The van der Waals surface area contributed by atoms with Crippen LogP contribution in [0, 0.1) is 0 Å². The van der Waals surface area contributed by atoms with Crippen LogP contribution in [0.25, 0.3) is 22.0 Å². The Morgan fingerprint density at radius 3 is 2.62 bits per heavy atom. The number of benzene rings is 2. The highest BCUT2D eigenvalue weighted by Gasteiger charge is 2.14. The minimum absolute atomic E-state index is 0.459. The second-order valence-corrected chi connectivity index (χ2v) is 8.81. The molecule has 0 fully saturated rings. The van der Waals surface area contributed by atoms with Crippen molar-refractivity contribution in [2.45, 2.75) is 30.7 Å². The van der Waals surface area contributed by atoms with Crippen LogP contribution < -0.4 is 4.74 Å². The molecule has 4 aromatic rings. The van der Waals surface area contributed by atoms with Gasteiger partial charge in [-0.25, -0.2) is 4.98 Å². The summed E-state index contributed by atoms with van der Waals surface area (Å²) in [6.07, 6.45) is 1.92. The summed E-state index contributed by atoms with van der Waals surface area (Å²) in [7, 11) is 1.63. The number of nitrogens with zero attached hydrogens (tertiary/aromatic N) is 3. The van der Waals surface area contributed by atoms with Gasteiger partial charge in [0, 0.05) is 22.4 Å². The molecule has 0 N–H and O–H groups in total. The van der Waals surface area contributed by atoms with Crippen LogP contribution in [0.1, 0.15) is 30.2 Å². The third-order valence-electron chi connectivity index (χ3n) is 4.46. The first-order valence-electron chi connectivity index (χ1n) is 9.29. The predicted molar refractivity (Wildman–Crippen MR) is 117 cm³/mol. The van der Waals surface area contributed by atoms with Gasteiger partial charge >= 0.3 is 0 Å². The van der Waals surface area contributed by atoms with Gasteiger partial charge in [0.2, 0.25) is 0 Å². The molecule has 148 valence electrons. The summed E-state index contributed by atoms with van der Waals surface area (Å²) < 4.78 is 11.2. The van der Waals surface area contributed by atoms with E-state index in [0.717, 1.165) is 26.8 Å². The molecule has 7 heteroatoms. The Labute approximate surface area is 178 Å². The third-order valence-corrected chi connectivity index (χ3v) is 6.56. The van der Waals surface area contributed by atoms with Gasteiger partial charge in [0.1, 0.15) is 10.8 Å². The van der Waals surface area contributed by atoms with E-state index in [0.29, 0.717) is 22.8 Å². The maximum atomic E-state index is 5.81. The summed E-state index contributed by atoms with van der Waals surface area (Å²) in [4.78, 5) is 5.73. The monoisotopic (exact) mass is 423 g/mol. The van der Waals surface area contributed by atoms with E-state index in [2.05, 4.69) is 53.3 Å². The van der Waals surface area contributed by atoms with Gasteiger partial charge < -0.3 is 9.15 Å². The number of thiazole rings is 1. The SMILES string of the molecule is COc1ccccc1-c1nnc(SCc2cnc(-c3ccc(C(C)C)cc3)s2)o1. The van der Waals surface area contributed by atoms with E-state index in [9.17, 15) is 0 Å². The molecule has 0 aliphatic heterocycles. The fourth-order valence-electron chi connectivity index (χ4n) is 2.85. The van der Waals surface area contributed by atoms with Crippen LogP contribution >= 0.6 is 23.1 Å². The zero-order valence-electron chi connectivity index (χ0n) is 16.5. The lowest BCUT2D eigenvalue weighted by Crippen LogP contribution is -1.87. The van der Waals surface area contributed by atoms with Crippen LogP contribution in [0.5, 0.6) is 5.75 Å². The van der Waals surface area contributed by atoms with E-state index in [4.69, 9.17) is 9.15 Å². The maximum Gasteiger partial charge on any atom is 0.277 e. The minimum Gasteiger partial charge on any atom is -0.496 e. The number of thioether (sulfide) groups is 1. The number of para-hydroxylation sites is 1. The van der Waals surface area contributed by atoms with Gasteiger partial charge in [-0.05, 0) is 23.6 Å². The van der Waals surface area contributed by atoms with Gasteiger partial charge in [0.05, 0.1) is 12.7 Å². The van der Waals surface area contributed by atoms with Crippen LogP contribution in [-0.2, 0) is 5.75 Å². The number of methoxy groups -OCH3 is 1. The lowest BCUT2D eigenvalue weighted by molar-refractivity contribution is 0.411. The van der Waals surface area contributed by atoms with Crippen molar-refractivity contribution in [2.75, 3.05) is 7.11 Å². The molecule has 0 saturated carbocycles. The fraction of sp³-hybridized carbons (Fsp3) is 0.227. The van der Waals surface area contributed by atoms with Crippen molar-refractivity contribution in [1.82, 2.24) is 15.2 Å². The van der Waals surface area contributed by atoms with Crippen LogP contribution in [0.2, 0.25) is 0 Å². The van der Waals surface area contributed by atoms with Gasteiger partial charge in [0.25, 0.3) is 11.1 Å². The summed E-state index contributed by atoms with van der Waals surface area (Å²) in [6.45, 7) is 4.40. The molecule has 0 saturated heterocycles. The van der Waals surface area contributed by atoms with E-state index in [1.807, 2.05) is 30.5 Å². The molecule has 2 heterocycles. The fourth-order valence-corrected chi connectivity index (χ4v) is 4.55. The third kappa shape index (κ3) is 4.52. The number of hydrogen-bond donors (Lipinski definition) is 0. The topological polar surface area (TPSA) is 61.0 Å². The minimum atomic E-state index is 0.459. The van der Waals surface area contributed by atoms with E-state index >= 15 is 0 Å². The standard InChI is InChI=1S/C22H21N3O2S2/c1-14(2)15-8-10-16(11-9-15)21-23-12-17(29-21)13-28-22-25-24-20(27-22)18-6-4-5-7-19(18)26-3/h4-12,14H,13H2,1-3H3. The normalized spacial score (nSPS) is 11.2. The molecule has 2 aromatic carbocycles. The maximum absolute atomic E-state index is 5.81. The molecule has 0 bridgehead atoms. The number of rotatable bonds is 7. The van der Waals surface area contributed by atoms with Gasteiger partial charge in [-0.2, -0.15) is 0 Å². The van der Waals surface area contributed by atoms with E-state index in [1.54, 1.807) is 18.4 Å². The van der Waals surface area contributed by atoms with Crippen molar-refractivity contribution in [3.05, 3.63) is 65.2 Å². The van der Waals surface area contributed by atoms with Gasteiger partial charge in [-0.3, -0.25) is 0 Å². The van der Waals surface area contributed by atoms with Crippen molar-refractivity contribution in [3.63, 3.8) is 0 Å². The average Bonchev–Trinajstić information content (AvgIpc) is 3.42. The molecule has 29 heavy (non-hydrogen) atoms. The Hall–Kier alpha value is -2.64. The van der Waals surface area contributed by atoms with Crippen LogP contribution in [0.4, 0.5) is 0 Å². The Kier molecular flexibility index (Phi) is 5.97. The second-order valence-electron chi connectivity index (χ2n) is 6.77. The van der Waals surface area contributed by atoms with Crippen molar-refractivity contribution >= 4 is 23.1 Å². The quantitative estimate of drug-likeness (QED) is 0.326. The molecule has 0 unspecified atom stereocenters. The van der Waals surface area contributed by atoms with Crippen LogP contribution in [-0.4, -0.2) is 22.3 Å². The van der Waals surface area contributed by atoms with E-state index < -0.39 is 0 Å². The van der Waals surface area contributed by atoms with Crippen molar-refractivity contribution in [1.29, 1.82) is 0 Å². The molecule has 5 nitrogen and oxygen atoms in total. The number of hydrogen-bond acceptors (Lipinski definition) is 7. The molecular formula is C22H21N3O2S2. The Morgan fingerprint density at radius 2 is 1.86 bits per heavy atom. The van der Waals surface area contributed by atoms with E-state index in [1.165, 1.54) is 17.3 Å². The first-order valence-corrected chi connectivity index (χ1v) is 11.1. The van der Waals surface area contributed by atoms with E-state index in [-0.39, 0.29) is 0 Å². The summed E-state index contributed by atoms with van der Waals surface area (Å²) >= 11 is 3.19. The Morgan fingerprint density at radius 1 is 1.07 bits per heavy atom. The molecule has 0 spiro atoms. The molecule has 0 aliphatic carbocycles. The molecule has 4 rings (SSSR count). The van der Waals surface area contributed by atoms with Crippen molar-refractivity contribution < 1.29 is 9.15 Å². The highest BCUT2D eigenvalue weighted by molar-refractivity contribution is 7.98. The number of aromatic nitrogens is 3. The Bertz CT molecular complexity index is 1090. The molecule has 0 amide bonds. The van der Waals surface area contributed by atoms with Gasteiger partial charge in [0.15, 0.2) is 0 Å². The smallest absolute Gasteiger partial charge is 0.277 e. The molecule has 0 aliphatic rings. The van der Waals surface area contributed by atoms with Gasteiger partial charge in [-0.15, -0.1) is 21.5 Å². The summed E-state index contributed by atoms with van der Waals surface area (Å²) in [5.74, 6) is 2.43. The second kappa shape index (κ2) is 8.80.